The molecular formula is C24H35N3O4. The number of rotatable bonds is 12. The molecule has 7 heteroatoms. The van der Waals surface area contributed by atoms with E-state index in [0.29, 0.717) is 24.0 Å². The summed E-state index contributed by atoms with van der Waals surface area (Å²) in [6.45, 7) is 6.59. The Morgan fingerprint density at radius 3 is 2.45 bits per heavy atom. The summed E-state index contributed by atoms with van der Waals surface area (Å²) >= 11 is 0. The van der Waals surface area contributed by atoms with Crippen LogP contribution in [0.4, 0.5) is 0 Å². The highest BCUT2D eigenvalue weighted by molar-refractivity contribution is 5.79. The highest BCUT2D eigenvalue weighted by atomic mass is 16.5. The Bertz CT molecular complexity index is 809. The second-order valence-electron chi connectivity index (χ2n) is 7.14. The highest BCUT2D eigenvalue weighted by Crippen LogP contribution is 2.28. The van der Waals surface area contributed by atoms with Crippen LogP contribution in [-0.2, 0) is 6.54 Å². The minimum Gasteiger partial charge on any atom is -0.497 e. The Morgan fingerprint density at radius 2 is 1.81 bits per heavy atom. The number of ether oxygens (including phenoxy) is 3. The summed E-state index contributed by atoms with van der Waals surface area (Å²) in [7, 11) is 3.28. The summed E-state index contributed by atoms with van der Waals surface area (Å²) in [4.78, 5) is 4.68. The number of aliphatic imine (C=N–C) groups is 1. The number of nitrogens with one attached hydrogen (secondary N) is 2. The summed E-state index contributed by atoms with van der Waals surface area (Å²) in [6, 6.07) is 13.9. The van der Waals surface area contributed by atoms with Crippen molar-refractivity contribution >= 4 is 5.96 Å². The van der Waals surface area contributed by atoms with Crippen LogP contribution >= 0.6 is 0 Å². The number of benzene rings is 2. The fourth-order valence-electron chi connectivity index (χ4n) is 3.10. The molecule has 1 atom stereocenters. The molecule has 2 aromatic carbocycles. The Hall–Kier alpha value is -2.93. The van der Waals surface area contributed by atoms with Gasteiger partial charge >= 0.3 is 0 Å². The van der Waals surface area contributed by atoms with E-state index in [2.05, 4.69) is 34.7 Å². The van der Waals surface area contributed by atoms with Gasteiger partial charge in [-0.1, -0.05) is 25.1 Å². The first-order valence-electron chi connectivity index (χ1n) is 10.7. The van der Waals surface area contributed by atoms with Crippen LogP contribution in [0.25, 0.3) is 0 Å². The molecular weight excluding hydrogens is 394 g/mol. The van der Waals surface area contributed by atoms with Crippen LogP contribution in [0.3, 0.4) is 0 Å². The monoisotopic (exact) mass is 429 g/mol. The van der Waals surface area contributed by atoms with Gasteiger partial charge in [0.1, 0.15) is 12.4 Å². The average molecular weight is 430 g/mol. The first-order valence-corrected chi connectivity index (χ1v) is 10.7. The zero-order valence-corrected chi connectivity index (χ0v) is 19.0. The van der Waals surface area contributed by atoms with Crippen molar-refractivity contribution in [3.8, 4) is 17.2 Å². The lowest BCUT2D eigenvalue weighted by Crippen LogP contribution is -2.38. The molecule has 0 spiro atoms. The maximum absolute atomic E-state index is 8.93. The lowest BCUT2D eigenvalue weighted by atomic mass is 9.98. The van der Waals surface area contributed by atoms with E-state index in [1.165, 1.54) is 5.56 Å². The Morgan fingerprint density at radius 1 is 1.03 bits per heavy atom. The van der Waals surface area contributed by atoms with E-state index in [1.54, 1.807) is 14.2 Å². The van der Waals surface area contributed by atoms with Crippen molar-refractivity contribution in [3.05, 3.63) is 53.6 Å². The first kappa shape index (κ1) is 24.3. The smallest absolute Gasteiger partial charge is 0.191 e. The number of guanidine groups is 1. The molecule has 0 aromatic heterocycles. The molecule has 0 saturated carbocycles. The Kier molecular flexibility index (Phi) is 10.5. The van der Waals surface area contributed by atoms with E-state index in [4.69, 9.17) is 19.3 Å². The molecule has 0 aliphatic heterocycles. The van der Waals surface area contributed by atoms with Gasteiger partial charge in [0, 0.05) is 13.1 Å². The molecule has 2 aromatic rings. The Labute approximate surface area is 185 Å². The molecule has 0 fully saturated rings. The summed E-state index contributed by atoms with van der Waals surface area (Å²) < 4.78 is 16.1. The van der Waals surface area contributed by atoms with Crippen molar-refractivity contribution in [2.24, 2.45) is 4.99 Å². The van der Waals surface area contributed by atoms with Crippen LogP contribution < -0.4 is 24.8 Å². The van der Waals surface area contributed by atoms with Gasteiger partial charge in [-0.2, -0.15) is 0 Å². The number of nitrogens with zero attached hydrogens (tertiary/aromatic N) is 1. The van der Waals surface area contributed by atoms with Crippen molar-refractivity contribution in [2.75, 3.05) is 40.5 Å². The SMILES string of the molecule is CCNC(=NCc1ccc(OCCO)c(OC)c1)NCCC(C)c1ccc(OC)cc1. The number of hydrogen-bond acceptors (Lipinski definition) is 5. The molecule has 0 aliphatic carbocycles. The molecule has 0 heterocycles. The number of hydrogen-bond donors (Lipinski definition) is 3. The maximum Gasteiger partial charge on any atom is 0.191 e. The molecule has 1 unspecified atom stereocenters. The van der Waals surface area contributed by atoms with Crippen LogP contribution in [-0.4, -0.2) is 51.6 Å². The minimum absolute atomic E-state index is 0.0377. The number of aliphatic hydroxyl groups excluding tert-OH is 1. The van der Waals surface area contributed by atoms with Crippen LogP contribution in [0.1, 0.15) is 37.3 Å². The molecule has 0 aliphatic rings. The van der Waals surface area contributed by atoms with Gasteiger partial charge in [0.15, 0.2) is 17.5 Å². The van der Waals surface area contributed by atoms with Crippen molar-refractivity contribution in [3.63, 3.8) is 0 Å². The van der Waals surface area contributed by atoms with E-state index in [-0.39, 0.29) is 13.2 Å². The Balaban J connectivity index is 1.92. The van der Waals surface area contributed by atoms with Gasteiger partial charge in [0.05, 0.1) is 27.4 Å². The maximum atomic E-state index is 8.93. The van der Waals surface area contributed by atoms with Crippen LogP contribution in [0, 0.1) is 0 Å². The number of methoxy groups -OCH3 is 2. The topological polar surface area (TPSA) is 84.3 Å². The fourth-order valence-corrected chi connectivity index (χ4v) is 3.10. The molecule has 170 valence electrons. The van der Waals surface area contributed by atoms with E-state index in [9.17, 15) is 0 Å². The molecule has 31 heavy (non-hydrogen) atoms. The van der Waals surface area contributed by atoms with Gasteiger partial charge in [0.2, 0.25) is 0 Å². The van der Waals surface area contributed by atoms with E-state index in [0.717, 1.165) is 36.8 Å². The second kappa shape index (κ2) is 13.4. The van der Waals surface area contributed by atoms with Crippen LogP contribution in [0.2, 0.25) is 0 Å². The van der Waals surface area contributed by atoms with Gasteiger partial charge in [-0.25, -0.2) is 4.99 Å². The van der Waals surface area contributed by atoms with Crippen molar-refractivity contribution in [1.82, 2.24) is 10.6 Å². The molecule has 0 bridgehead atoms. The zero-order valence-electron chi connectivity index (χ0n) is 19.0. The second-order valence-corrected chi connectivity index (χ2v) is 7.14. The van der Waals surface area contributed by atoms with Crippen molar-refractivity contribution in [1.29, 1.82) is 0 Å². The average Bonchev–Trinajstić information content (AvgIpc) is 2.81. The fraction of sp³-hybridized carbons (Fsp3) is 0.458. The first-order chi connectivity index (χ1) is 15.1. The lowest BCUT2D eigenvalue weighted by molar-refractivity contribution is 0.196. The third-order valence-corrected chi connectivity index (χ3v) is 4.90. The largest absolute Gasteiger partial charge is 0.497 e. The van der Waals surface area contributed by atoms with Crippen molar-refractivity contribution < 1.29 is 19.3 Å². The summed E-state index contributed by atoms with van der Waals surface area (Å²) in [5, 5.41) is 15.6. The van der Waals surface area contributed by atoms with Gasteiger partial charge in [0.25, 0.3) is 0 Å². The molecule has 7 nitrogen and oxygen atoms in total. The van der Waals surface area contributed by atoms with E-state index in [1.807, 2.05) is 37.3 Å². The molecule has 0 radical (unpaired) electrons. The summed E-state index contributed by atoms with van der Waals surface area (Å²) in [5.41, 5.74) is 2.30. The van der Waals surface area contributed by atoms with E-state index < -0.39 is 0 Å². The van der Waals surface area contributed by atoms with Gasteiger partial charge < -0.3 is 30.0 Å². The van der Waals surface area contributed by atoms with Gasteiger partial charge in [-0.15, -0.1) is 0 Å². The predicted octanol–water partition coefficient (Wildman–Crippen LogP) is 3.32. The third kappa shape index (κ3) is 8.02. The molecule has 0 saturated heterocycles. The van der Waals surface area contributed by atoms with Crippen LogP contribution in [0.15, 0.2) is 47.5 Å². The lowest BCUT2D eigenvalue weighted by Gasteiger charge is -2.15. The minimum atomic E-state index is -0.0377. The normalized spacial score (nSPS) is 12.2. The molecule has 3 N–H and O–H groups in total. The zero-order chi connectivity index (χ0) is 22.5. The molecule has 0 amide bonds. The molecule has 2 rings (SSSR count). The van der Waals surface area contributed by atoms with E-state index >= 15 is 0 Å². The van der Waals surface area contributed by atoms with Gasteiger partial charge in [-0.3, -0.25) is 0 Å². The summed E-state index contributed by atoms with van der Waals surface area (Å²) in [6.07, 6.45) is 0.988. The highest BCUT2D eigenvalue weighted by Gasteiger charge is 2.08. The van der Waals surface area contributed by atoms with Crippen molar-refractivity contribution in [2.45, 2.75) is 32.7 Å². The third-order valence-electron chi connectivity index (χ3n) is 4.90. The van der Waals surface area contributed by atoms with Crippen LogP contribution in [0.5, 0.6) is 17.2 Å². The quantitative estimate of drug-likeness (QED) is 0.355. The standard InChI is InChI=1S/C24H35N3O4/c1-5-25-24(26-13-12-18(2)20-7-9-21(29-3)10-8-20)27-17-19-6-11-22(31-15-14-28)23(16-19)30-4/h6-11,16,18,28H,5,12-15,17H2,1-4H3,(H2,25,26,27). The number of aliphatic hydroxyl groups is 1. The predicted molar refractivity (Wildman–Crippen MR) is 124 cm³/mol. The summed E-state index contributed by atoms with van der Waals surface area (Å²) in [5.74, 6) is 3.33. The van der Waals surface area contributed by atoms with Gasteiger partial charge in [-0.05, 0) is 54.7 Å².